The summed E-state index contributed by atoms with van der Waals surface area (Å²) >= 11 is 0. The van der Waals surface area contributed by atoms with Gasteiger partial charge in [0, 0.05) is 28.3 Å². The van der Waals surface area contributed by atoms with Gasteiger partial charge < -0.3 is 0 Å². The molecular weight excluding hydrogens is 448 g/mol. The highest BCUT2D eigenvalue weighted by Crippen LogP contribution is 2.22. The summed E-state index contributed by atoms with van der Waals surface area (Å²) in [6.45, 7) is 5.94. The summed E-state index contributed by atoms with van der Waals surface area (Å²) in [4.78, 5) is 39.4. The third kappa shape index (κ3) is 4.09. The molecule has 5 nitrogen and oxygen atoms in total. The van der Waals surface area contributed by atoms with E-state index in [1.807, 2.05) is 57.2 Å². The largest absolute Gasteiger partial charge is 0.333 e. The molecule has 0 N–H and O–H groups in total. The number of hydrogen-bond donors (Lipinski definition) is 0. The molecule has 5 aromatic rings. The molecule has 0 bridgehead atoms. The van der Waals surface area contributed by atoms with Gasteiger partial charge in [-0.25, -0.2) is 4.79 Å². The molecule has 0 atom stereocenters. The summed E-state index contributed by atoms with van der Waals surface area (Å²) < 4.78 is 3.44. The Bertz CT molecular complexity index is 1650. The minimum atomic E-state index is -0.183. The Labute approximate surface area is 209 Å². The maximum absolute atomic E-state index is 13.2. The molecule has 0 aliphatic rings. The van der Waals surface area contributed by atoms with Gasteiger partial charge in [-0.2, -0.15) is 0 Å². The second-order valence-corrected chi connectivity index (χ2v) is 9.22. The zero-order chi connectivity index (χ0) is 25.4. The van der Waals surface area contributed by atoms with Gasteiger partial charge in [-0.05, 0) is 63.2 Å². The van der Waals surface area contributed by atoms with Crippen molar-refractivity contribution < 1.29 is 9.59 Å². The highest BCUT2D eigenvalue weighted by molar-refractivity contribution is 6.13. The Hall–Kier alpha value is -4.51. The number of nitrogens with zero attached hydrogens (tertiary/aromatic N) is 2. The summed E-state index contributed by atoms with van der Waals surface area (Å²) in [5.74, 6) is -0.307. The van der Waals surface area contributed by atoms with E-state index in [1.54, 1.807) is 69.8 Å². The smallest absolute Gasteiger partial charge is 0.289 e. The molecule has 0 spiro atoms. The van der Waals surface area contributed by atoms with Crippen molar-refractivity contribution >= 4 is 22.6 Å². The highest BCUT2D eigenvalue weighted by Gasteiger charge is 2.17. The maximum atomic E-state index is 13.2. The van der Waals surface area contributed by atoms with Crippen LogP contribution in [-0.4, -0.2) is 20.7 Å². The molecule has 0 saturated heterocycles. The first-order valence-electron chi connectivity index (χ1n) is 11.9. The van der Waals surface area contributed by atoms with Gasteiger partial charge >= 0.3 is 5.69 Å². The van der Waals surface area contributed by atoms with Crippen molar-refractivity contribution in [3.05, 3.63) is 135 Å². The van der Waals surface area contributed by atoms with Crippen molar-refractivity contribution in [3.63, 3.8) is 0 Å². The predicted molar refractivity (Wildman–Crippen MR) is 142 cm³/mol. The van der Waals surface area contributed by atoms with Crippen molar-refractivity contribution in [1.82, 2.24) is 9.13 Å². The van der Waals surface area contributed by atoms with Crippen LogP contribution in [0.3, 0.4) is 0 Å². The molecule has 0 saturated carbocycles. The molecule has 0 amide bonds. The van der Waals surface area contributed by atoms with Gasteiger partial charge in [-0.3, -0.25) is 18.7 Å². The number of fused-ring (bicyclic) bond motifs is 1. The summed E-state index contributed by atoms with van der Waals surface area (Å²) in [7, 11) is 0. The van der Waals surface area contributed by atoms with E-state index < -0.39 is 0 Å². The standard InChI is InChI=1S/C31H26N2O3/c1-20(2)32-27-9-4-5-10-28(27)33(31(32)36)26-17-15-23(16-18-26)30(35)25-8-6-7-24(19-25)29(34)22-13-11-21(3)12-14-22/h4-20H,1-3H3. The van der Waals surface area contributed by atoms with E-state index in [9.17, 15) is 14.4 Å². The topological polar surface area (TPSA) is 61.1 Å². The molecule has 5 rings (SSSR count). The monoisotopic (exact) mass is 474 g/mol. The lowest BCUT2D eigenvalue weighted by molar-refractivity contribution is 0.103. The van der Waals surface area contributed by atoms with Crippen molar-refractivity contribution in [2.75, 3.05) is 0 Å². The van der Waals surface area contributed by atoms with Crippen LogP contribution in [0.25, 0.3) is 16.7 Å². The lowest BCUT2D eigenvalue weighted by Crippen LogP contribution is -2.24. The van der Waals surface area contributed by atoms with E-state index in [0.29, 0.717) is 27.9 Å². The normalized spacial score (nSPS) is 11.2. The van der Waals surface area contributed by atoms with Gasteiger partial charge in [-0.15, -0.1) is 0 Å². The lowest BCUT2D eigenvalue weighted by Gasteiger charge is -2.08. The van der Waals surface area contributed by atoms with Gasteiger partial charge in [0.15, 0.2) is 11.6 Å². The van der Waals surface area contributed by atoms with Crippen molar-refractivity contribution in [1.29, 1.82) is 0 Å². The fourth-order valence-corrected chi connectivity index (χ4v) is 4.52. The summed E-state index contributed by atoms with van der Waals surface area (Å²) in [6.07, 6.45) is 0. The number of ketones is 2. The number of carbonyl (C=O) groups is 2. The van der Waals surface area contributed by atoms with Crippen LogP contribution in [0.2, 0.25) is 0 Å². The first-order valence-corrected chi connectivity index (χ1v) is 11.9. The number of imidazole rings is 1. The predicted octanol–water partition coefficient (Wildman–Crippen LogP) is 6.14. The van der Waals surface area contributed by atoms with Crippen LogP contribution < -0.4 is 5.69 Å². The molecular formula is C31H26N2O3. The van der Waals surface area contributed by atoms with Crippen molar-refractivity contribution in [2.45, 2.75) is 26.8 Å². The Kier molecular flexibility index (Phi) is 5.98. The zero-order valence-corrected chi connectivity index (χ0v) is 20.4. The molecule has 1 aromatic heterocycles. The molecule has 0 unspecified atom stereocenters. The first kappa shape index (κ1) is 23.2. The molecule has 0 aliphatic heterocycles. The Morgan fingerprint density at radius 2 is 1.17 bits per heavy atom. The number of rotatable bonds is 6. The quantitative estimate of drug-likeness (QED) is 0.278. The molecule has 5 heteroatoms. The van der Waals surface area contributed by atoms with Crippen LogP contribution in [-0.2, 0) is 0 Å². The summed E-state index contributed by atoms with van der Waals surface area (Å²) in [6, 6.07) is 28.9. The highest BCUT2D eigenvalue weighted by atomic mass is 16.2. The number of hydrogen-bond acceptors (Lipinski definition) is 3. The van der Waals surface area contributed by atoms with Crippen LogP contribution in [0.15, 0.2) is 102 Å². The molecule has 0 radical (unpaired) electrons. The molecule has 1 heterocycles. The van der Waals surface area contributed by atoms with Crippen LogP contribution in [0.4, 0.5) is 0 Å². The Morgan fingerprint density at radius 1 is 0.639 bits per heavy atom. The minimum absolute atomic E-state index is 0.0133. The van der Waals surface area contributed by atoms with Gasteiger partial charge in [0.1, 0.15) is 0 Å². The van der Waals surface area contributed by atoms with Crippen LogP contribution >= 0.6 is 0 Å². The van der Waals surface area contributed by atoms with Crippen LogP contribution in [0, 0.1) is 6.92 Å². The van der Waals surface area contributed by atoms with Gasteiger partial charge in [-0.1, -0.05) is 60.2 Å². The lowest BCUT2D eigenvalue weighted by atomic mass is 9.97. The molecule has 0 fully saturated rings. The van der Waals surface area contributed by atoms with E-state index in [-0.39, 0.29) is 23.3 Å². The summed E-state index contributed by atoms with van der Waals surface area (Å²) in [5.41, 5.74) is 5.31. The molecule has 0 aliphatic carbocycles. The second kappa shape index (κ2) is 9.27. The van der Waals surface area contributed by atoms with Gasteiger partial charge in [0.05, 0.1) is 16.7 Å². The second-order valence-electron chi connectivity index (χ2n) is 9.22. The number of aromatic nitrogens is 2. The van der Waals surface area contributed by atoms with Crippen LogP contribution in [0.1, 0.15) is 57.3 Å². The third-order valence-corrected chi connectivity index (χ3v) is 6.38. The number of aryl methyl sites for hydroxylation is 1. The Balaban J connectivity index is 1.47. The zero-order valence-electron chi connectivity index (χ0n) is 20.4. The Morgan fingerprint density at radius 3 is 1.72 bits per heavy atom. The molecule has 178 valence electrons. The van der Waals surface area contributed by atoms with Crippen molar-refractivity contribution in [2.24, 2.45) is 0 Å². The van der Waals surface area contributed by atoms with E-state index >= 15 is 0 Å². The van der Waals surface area contributed by atoms with E-state index in [1.165, 1.54) is 0 Å². The van der Waals surface area contributed by atoms with Crippen molar-refractivity contribution in [3.8, 4) is 5.69 Å². The summed E-state index contributed by atoms with van der Waals surface area (Å²) in [5, 5.41) is 0. The van der Waals surface area contributed by atoms with Gasteiger partial charge in [0.2, 0.25) is 0 Å². The fourth-order valence-electron chi connectivity index (χ4n) is 4.52. The third-order valence-electron chi connectivity index (χ3n) is 6.38. The van der Waals surface area contributed by atoms with Crippen LogP contribution in [0.5, 0.6) is 0 Å². The van der Waals surface area contributed by atoms with Gasteiger partial charge in [0.25, 0.3) is 0 Å². The van der Waals surface area contributed by atoms with E-state index in [4.69, 9.17) is 0 Å². The number of benzene rings is 4. The number of carbonyl (C=O) groups excluding carboxylic acids is 2. The van der Waals surface area contributed by atoms with E-state index in [2.05, 4.69) is 0 Å². The van der Waals surface area contributed by atoms with E-state index in [0.717, 1.165) is 16.6 Å². The number of para-hydroxylation sites is 2. The first-order chi connectivity index (χ1) is 17.3. The fraction of sp³-hybridized carbons (Fsp3) is 0.129. The maximum Gasteiger partial charge on any atom is 0.333 e. The SMILES string of the molecule is Cc1ccc(C(=O)c2cccc(C(=O)c3ccc(-n4c(=O)n(C(C)C)c5ccccc54)cc3)c2)cc1. The minimum Gasteiger partial charge on any atom is -0.289 e. The molecule has 4 aromatic carbocycles. The average molecular weight is 475 g/mol. The molecule has 36 heavy (non-hydrogen) atoms. The average Bonchev–Trinajstić information content (AvgIpc) is 3.20.